The molecule has 0 amide bonds. The van der Waals surface area contributed by atoms with Crippen LogP contribution in [0.1, 0.15) is 13.8 Å². The maximum Gasteiger partial charge on any atom is 0.243 e. The molecule has 7 nitrogen and oxygen atoms in total. The van der Waals surface area contributed by atoms with Crippen molar-refractivity contribution in [3.8, 4) is 0 Å². The molecular formula is C15H21N5O2. The number of ketones is 1. The van der Waals surface area contributed by atoms with Crippen LogP contribution in [0.5, 0.6) is 0 Å². The number of ether oxygens (including phenoxy) is 1. The molecule has 1 saturated heterocycles. The summed E-state index contributed by atoms with van der Waals surface area (Å²) in [6, 6.07) is 1.87. The summed E-state index contributed by atoms with van der Waals surface area (Å²) in [6.45, 7) is 6.60. The van der Waals surface area contributed by atoms with Gasteiger partial charge in [0.2, 0.25) is 5.95 Å². The molecule has 7 heteroatoms. The minimum atomic E-state index is -0.0419. The van der Waals surface area contributed by atoms with Gasteiger partial charge in [0.25, 0.3) is 0 Å². The monoisotopic (exact) mass is 303 g/mol. The van der Waals surface area contributed by atoms with Gasteiger partial charge in [-0.25, -0.2) is 4.98 Å². The first-order valence-electron chi connectivity index (χ1n) is 7.22. The molecule has 2 N–H and O–H groups in total. The molecule has 0 radical (unpaired) electrons. The lowest BCUT2D eigenvalue weighted by molar-refractivity contribution is -0.111. The number of carbonyl (C=O) groups is 1. The van der Waals surface area contributed by atoms with E-state index in [4.69, 9.17) is 4.74 Å². The van der Waals surface area contributed by atoms with Crippen LogP contribution in [-0.2, 0) is 9.53 Å². The Morgan fingerprint density at radius 2 is 2.18 bits per heavy atom. The fourth-order valence-electron chi connectivity index (χ4n) is 1.94. The predicted molar refractivity (Wildman–Crippen MR) is 85.4 cm³/mol. The zero-order valence-corrected chi connectivity index (χ0v) is 12.9. The molecule has 1 aliphatic rings. The lowest BCUT2D eigenvalue weighted by Crippen LogP contribution is -2.37. The predicted octanol–water partition coefficient (Wildman–Crippen LogP) is 1.28. The summed E-state index contributed by atoms with van der Waals surface area (Å²) in [7, 11) is 0. The van der Waals surface area contributed by atoms with Crippen LogP contribution in [0, 0.1) is 0 Å². The van der Waals surface area contributed by atoms with Crippen molar-refractivity contribution in [3.05, 3.63) is 36.2 Å². The molecule has 0 atom stereocenters. The van der Waals surface area contributed by atoms with Gasteiger partial charge in [-0.1, -0.05) is 6.08 Å². The smallest absolute Gasteiger partial charge is 0.243 e. The summed E-state index contributed by atoms with van der Waals surface area (Å²) in [5.41, 5.74) is 6.30. The number of hydrogen-bond donors (Lipinski definition) is 2. The largest absolute Gasteiger partial charge is 0.378 e. The highest BCUT2D eigenvalue weighted by atomic mass is 16.5. The van der Waals surface area contributed by atoms with Crippen molar-refractivity contribution >= 4 is 17.5 Å². The molecule has 2 rings (SSSR count). The lowest BCUT2D eigenvalue weighted by Gasteiger charge is -2.27. The summed E-state index contributed by atoms with van der Waals surface area (Å²) in [6.07, 6.45) is 6.52. The Hall–Kier alpha value is -2.41. The first-order chi connectivity index (χ1) is 10.7. The number of hydrazine groups is 1. The summed E-state index contributed by atoms with van der Waals surface area (Å²) in [4.78, 5) is 22.3. The molecular weight excluding hydrogens is 282 g/mol. The highest BCUT2D eigenvalue weighted by molar-refractivity contribution is 6.03. The van der Waals surface area contributed by atoms with Crippen molar-refractivity contribution in [2.75, 3.05) is 36.6 Å². The third-order valence-corrected chi connectivity index (χ3v) is 3.16. The first-order valence-corrected chi connectivity index (χ1v) is 7.22. The molecule has 1 aromatic rings. The zero-order valence-electron chi connectivity index (χ0n) is 12.9. The minimum absolute atomic E-state index is 0.0419. The van der Waals surface area contributed by atoms with Crippen LogP contribution in [0.2, 0.25) is 0 Å². The molecule has 1 aromatic heterocycles. The van der Waals surface area contributed by atoms with Crippen LogP contribution in [0.25, 0.3) is 0 Å². The van der Waals surface area contributed by atoms with Crippen LogP contribution >= 0.6 is 0 Å². The number of nitrogens with zero attached hydrogens (tertiary/aromatic N) is 3. The summed E-state index contributed by atoms with van der Waals surface area (Å²) in [5, 5.41) is 0. The number of hydrogen-bond acceptors (Lipinski definition) is 7. The Bertz CT molecular complexity index is 565. The van der Waals surface area contributed by atoms with E-state index in [2.05, 4.69) is 25.7 Å². The highest BCUT2D eigenvalue weighted by Gasteiger charge is 2.12. The SMILES string of the molecule is C/C=C\C(=O)C(C)=CNNc1nccc(N2CCOCC2)n1. The molecule has 0 spiro atoms. The molecule has 0 bridgehead atoms. The van der Waals surface area contributed by atoms with Gasteiger partial charge in [-0.3, -0.25) is 10.2 Å². The average molecular weight is 303 g/mol. The van der Waals surface area contributed by atoms with Gasteiger partial charge in [0.15, 0.2) is 5.78 Å². The van der Waals surface area contributed by atoms with Crippen LogP contribution in [-0.4, -0.2) is 42.1 Å². The lowest BCUT2D eigenvalue weighted by atomic mass is 10.2. The third-order valence-electron chi connectivity index (χ3n) is 3.16. The second kappa shape index (κ2) is 8.14. The molecule has 0 aromatic carbocycles. The average Bonchev–Trinajstić information content (AvgIpc) is 2.56. The van der Waals surface area contributed by atoms with E-state index in [1.165, 1.54) is 6.08 Å². The van der Waals surface area contributed by atoms with Gasteiger partial charge in [0.1, 0.15) is 5.82 Å². The molecule has 0 aliphatic carbocycles. The van der Waals surface area contributed by atoms with Gasteiger partial charge in [0.05, 0.1) is 13.2 Å². The molecule has 1 aliphatic heterocycles. The summed E-state index contributed by atoms with van der Waals surface area (Å²) >= 11 is 0. The van der Waals surface area contributed by atoms with Gasteiger partial charge < -0.3 is 15.1 Å². The van der Waals surface area contributed by atoms with Crippen LogP contribution in [0.3, 0.4) is 0 Å². The number of aromatic nitrogens is 2. The Morgan fingerprint density at radius 3 is 2.91 bits per heavy atom. The molecule has 22 heavy (non-hydrogen) atoms. The number of carbonyl (C=O) groups excluding carboxylic acids is 1. The Balaban J connectivity index is 1.93. The fourth-order valence-corrected chi connectivity index (χ4v) is 1.94. The van der Waals surface area contributed by atoms with E-state index in [-0.39, 0.29) is 5.78 Å². The molecule has 0 saturated carbocycles. The fraction of sp³-hybridized carbons (Fsp3) is 0.400. The zero-order chi connectivity index (χ0) is 15.8. The van der Waals surface area contributed by atoms with E-state index >= 15 is 0 Å². The van der Waals surface area contributed by atoms with E-state index in [1.807, 2.05) is 13.0 Å². The number of nitrogens with one attached hydrogen (secondary N) is 2. The standard InChI is InChI=1S/C15H21N5O2/c1-3-4-13(21)12(2)11-17-19-15-16-6-5-14(18-15)20-7-9-22-10-8-20/h3-6,11,17H,7-10H2,1-2H3,(H,16,18,19)/b4-3-,12-11?. The van der Waals surface area contributed by atoms with Gasteiger partial charge in [0, 0.05) is 31.1 Å². The van der Waals surface area contributed by atoms with Crippen molar-refractivity contribution in [1.82, 2.24) is 15.4 Å². The van der Waals surface area contributed by atoms with Gasteiger partial charge >= 0.3 is 0 Å². The highest BCUT2D eigenvalue weighted by Crippen LogP contribution is 2.13. The van der Waals surface area contributed by atoms with Gasteiger partial charge in [-0.15, -0.1) is 0 Å². The number of rotatable bonds is 6. The molecule has 118 valence electrons. The minimum Gasteiger partial charge on any atom is -0.378 e. The van der Waals surface area contributed by atoms with Gasteiger partial charge in [-0.05, 0) is 26.0 Å². The van der Waals surface area contributed by atoms with Crippen molar-refractivity contribution in [2.24, 2.45) is 0 Å². The Morgan fingerprint density at radius 1 is 1.41 bits per heavy atom. The van der Waals surface area contributed by atoms with Crippen molar-refractivity contribution in [1.29, 1.82) is 0 Å². The van der Waals surface area contributed by atoms with E-state index in [1.54, 1.807) is 25.4 Å². The Labute approximate surface area is 130 Å². The number of morpholine rings is 1. The number of anilines is 2. The maximum atomic E-state index is 11.6. The summed E-state index contributed by atoms with van der Waals surface area (Å²) < 4.78 is 5.33. The summed E-state index contributed by atoms with van der Waals surface area (Å²) in [5.74, 6) is 1.26. The second-order valence-electron chi connectivity index (χ2n) is 4.80. The second-order valence-corrected chi connectivity index (χ2v) is 4.80. The first kappa shape index (κ1) is 16.0. The van der Waals surface area contributed by atoms with Crippen molar-refractivity contribution < 1.29 is 9.53 Å². The van der Waals surface area contributed by atoms with Gasteiger partial charge in [-0.2, -0.15) is 4.98 Å². The van der Waals surface area contributed by atoms with Crippen LogP contribution in [0.4, 0.5) is 11.8 Å². The molecule has 1 fully saturated rings. The van der Waals surface area contributed by atoms with Crippen LogP contribution < -0.4 is 15.8 Å². The Kier molecular flexibility index (Phi) is 5.91. The topological polar surface area (TPSA) is 79.4 Å². The van der Waals surface area contributed by atoms with E-state index < -0.39 is 0 Å². The number of allylic oxidation sites excluding steroid dienone is 3. The van der Waals surface area contributed by atoms with Crippen LogP contribution in [0.15, 0.2) is 36.2 Å². The normalized spacial score (nSPS) is 15.9. The third kappa shape index (κ3) is 4.56. The van der Waals surface area contributed by atoms with E-state index in [9.17, 15) is 4.79 Å². The van der Waals surface area contributed by atoms with E-state index in [0.29, 0.717) is 24.7 Å². The van der Waals surface area contributed by atoms with Crippen molar-refractivity contribution in [3.63, 3.8) is 0 Å². The molecule has 0 unspecified atom stereocenters. The van der Waals surface area contributed by atoms with Crippen molar-refractivity contribution in [2.45, 2.75) is 13.8 Å². The quantitative estimate of drug-likeness (QED) is 0.605. The maximum absolute atomic E-state index is 11.6. The van der Waals surface area contributed by atoms with E-state index in [0.717, 1.165) is 18.9 Å². The molecule has 2 heterocycles.